The number of anilines is 1. The Morgan fingerprint density at radius 1 is 1.17 bits per heavy atom. The minimum Gasteiger partial charge on any atom is -0.496 e. The van der Waals surface area contributed by atoms with Gasteiger partial charge in [0.2, 0.25) is 0 Å². The Kier molecular flexibility index (Phi) is 8.70. The van der Waals surface area contributed by atoms with Crippen LogP contribution in [0.4, 0.5) is 5.13 Å². The number of fused-ring (bicyclic) bond motifs is 2. The first-order chi connectivity index (χ1) is 17.0. The summed E-state index contributed by atoms with van der Waals surface area (Å²) in [6, 6.07) is 15.7. The average molecular weight is 547 g/mol. The zero-order valence-electron chi connectivity index (χ0n) is 20.3. The molecule has 3 aromatic carbocycles. The van der Waals surface area contributed by atoms with Gasteiger partial charge in [-0.15, -0.1) is 12.4 Å². The summed E-state index contributed by atoms with van der Waals surface area (Å²) >= 11 is 7.80. The SMILES string of the molecule is COc1cc2ccccc2cc1C(=O)N(CCCN1CCOCC1)c1nc2c(C)cc(Cl)cc2s1.Cl. The molecule has 0 radical (unpaired) electrons. The summed E-state index contributed by atoms with van der Waals surface area (Å²) < 4.78 is 12.1. The van der Waals surface area contributed by atoms with E-state index < -0.39 is 0 Å². The third-order valence-electron chi connectivity index (χ3n) is 6.37. The molecule has 0 bridgehead atoms. The van der Waals surface area contributed by atoms with Crippen LogP contribution in [-0.4, -0.2) is 62.3 Å². The maximum atomic E-state index is 14.0. The van der Waals surface area contributed by atoms with E-state index in [2.05, 4.69) is 4.90 Å². The van der Waals surface area contributed by atoms with E-state index in [9.17, 15) is 4.79 Å². The number of morpholine rings is 1. The number of benzene rings is 3. The lowest BCUT2D eigenvalue weighted by Crippen LogP contribution is -2.39. The van der Waals surface area contributed by atoms with E-state index in [0.717, 1.165) is 65.8 Å². The number of nitrogens with zero attached hydrogens (tertiary/aromatic N) is 3. The molecule has 1 saturated heterocycles. The predicted molar refractivity (Wildman–Crippen MR) is 151 cm³/mol. The van der Waals surface area contributed by atoms with Gasteiger partial charge in [0.05, 0.1) is 36.1 Å². The molecule has 36 heavy (non-hydrogen) atoms. The average Bonchev–Trinajstić information content (AvgIpc) is 3.30. The van der Waals surface area contributed by atoms with Crippen LogP contribution in [0.3, 0.4) is 0 Å². The number of aromatic nitrogens is 1. The van der Waals surface area contributed by atoms with E-state index in [4.69, 9.17) is 26.1 Å². The number of carbonyl (C=O) groups excluding carboxylic acids is 1. The fourth-order valence-corrected chi connectivity index (χ4v) is 5.96. The molecule has 2 heterocycles. The topological polar surface area (TPSA) is 54.9 Å². The number of ether oxygens (including phenoxy) is 2. The smallest absolute Gasteiger partial charge is 0.263 e. The molecule has 5 rings (SSSR count). The Morgan fingerprint density at radius 3 is 2.61 bits per heavy atom. The van der Waals surface area contributed by atoms with Gasteiger partial charge >= 0.3 is 0 Å². The maximum absolute atomic E-state index is 14.0. The molecule has 6 nitrogen and oxygen atoms in total. The fourth-order valence-electron chi connectivity index (χ4n) is 4.52. The molecular formula is C27H29Cl2N3O3S. The van der Waals surface area contributed by atoms with Gasteiger partial charge in [0, 0.05) is 31.2 Å². The van der Waals surface area contributed by atoms with Crippen molar-refractivity contribution in [3.05, 3.63) is 64.7 Å². The van der Waals surface area contributed by atoms with Gasteiger partial charge in [-0.1, -0.05) is 47.2 Å². The predicted octanol–water partition coefficient (Wildman–Crippen LogP) is 6.21. The van der Waals surface area contributed by atoms with Crippen molar-refractivity contribution in [1.82, 2.24) is 9.88 Å². The van der Waals surface area contributed by atoms with E-state index in [1.54, 1.807) is 12.0 Å². The van der Waals surface area contributed by atoms with Crippen molar-refractivity contribution in [2.45, 2.75) is 13.3 Å². The normalized spacial score (nSPS) is 14.1. The molecule has 0 aliphatic carbocycles. The van der Waals surface area contributed by atoms with Gasteiger partial charge < -0.3 is 9.47 Å². The monoisotopic (exact) mass is 545 g/mol. The number of hydrogen-bond acceptors (Lipinski definition) is 6. The molecule has 0 atom stereocenters. The van der Waals surface area contributed by atoms with Gasteiger partial charge in [-0.3, -0.25) is 14.6 Å². The molecule has 0 N–H and O–H groups in total. The van der Waals surface area contributed by atoms with Crippen molar-refractivity contribution in [1.29, 1.82) is 0 Å². The highest BCUT2D eigenvalue weighted by atomic mass is 35.5. The van der Waals surface area contributed by atoms with Crippen molar-refractivity contribution in [3.8, 4) is 5.75 Å². The molecule has 1 amide bonds. The second kappa shape index (κ2) is 11.8. The minimum atomic E-state index is -0.114. The second-order valence-corrected chi connectivity index (χ2v) is 10.2. The van der Waals surface area contributed by atoms with Crippen molar-refractivity contribution >= 4 is 67.4 Å². The molecule has 9 heteroatoms. The summed E-state index contributed by atoms with van der Waals surface area (Å²) in [4.78, 5) is 23.1. The Labute approximate surface area is 226 Å². The summed E-state index contributed by atoms with van der Waals surface area (Å²) in [5.74, 6) is 0.449. The molecule has 1 aromatic heterocycles. The number of halogens is 2. The number of rotatable bonds is 7. The van der Waals surface area contributed by atoms with Crippen LogP contribution >= 0.6 is 35.3 Å². The number of carbonyl (C=O) groups is 1. The Balaban J connectivity index is 0.00000304. The molecular weight excluding hydrogens is 517 g/mol. The van der Waals surface area contributed by atoms with E-state index in [1.165, 1.54) is 11.3 Å². The summed E-state index contributed by atoms with van der Waals surface area (Å²) in [7, 11) is 1.60. The molecule has 190 valence electrons. The fraction of sp³-hybridized carbons (Fsp3) is 0.333. The van der Waals surface area contributed by atoms with Crippen molar-refractivity contribution < 1.29 is 14.3 Å². The lowest BCUT2D eigenvalue weighted by molar-refractivity contribution is 0.0376. The number of thiazole rings is 1. The molecule has 0 unspecified atom stereocenters. The van der Waals surface area contributed by atoms with Crippen LogP contribution < -0.4 is 9.64 Å². The minimum absolute atomic E-state index is 0. The van der Waals surface area contributed by atoms with Crippen LogP contribution in [0.1, 0.15) is 22.3 Å². The van der Waals surface area contributed by atoms with Gasteiger partial charge in [-0.25, -0.2) is 4.98 Å². The van der Waals surface area contributed by atoms with Crippen molar-refractivity contribution in [2.24, 2.45) is 0 Å². The third-order valence-corrected chi connectivity index (χ3v) is 7.62. The van der Waals surface area contributed by atoms with E-state index in [0.29, 0.717) is 28.0 Å². The van der Waals surface area contributed by atoms with Gasteiger partial charge in [0.15, 0.2) is 5.13 Å². The van der Waals surface area contributed by atoms with Crippen molar-refractivity contribution in [2.75, 3.05) is 51.4 Å². The summed E-state index contributed by atoms with van der Waals surface area (Å²) in [5, 5.41) is 3.38. The Hall–Kier alpha value is -2.42. The van der Waals surface area contributed by atoms with Crippen LogP contribution in [0.5, 0.6) is 5.75 Å². The van der Waals surface area contributed by atoms with Gasteiger partial charge in [-0.2, -0.15) is 0 Å². The number of hydrogen-bond donors (Lipinski definition) is 0. The molecule has 0 saturated carbocycles. The highest BCUT2D eigenvalue weighted by molar-refractivity contribution is 7.22. The summed E-state index contributed by atoms with van der Waals surface area (Å²) in [6.45, 7) is 6.81. The molecule has 4 aromatic rings. The third kappa shape index (κ3) is 5.61. The van der Waals surface area contributed by atoms with Crippen LogP contribution in [0, 0.1) is 6.92 Å². The Morgan fingerprint density at radius 2 is 1.89 bits per heavy atom. The van der Waals surface area contributed by atoms with E-state index in [1.807, 2.05) is 55.5 Å². The quantitative estimate of drug-likeness (QED) is 0.276. The largest absolute Gasteiger partial charge is 0.496 e. The van der Waals surface area contributed by atoms with Crippen LogP contribution in [0.25, 0.3) is 21.0 Å². The summed E-state index contributed by atoms with van der Waals surface area (Å²) in [6.07, 6.45) is 0.831. The molecule has 1 aliphatic rings. The van der Waals surface area contributed by atoms with E-state index in [-0.39, 0.29) is 18.3 Å². The van der Waals surface area contributed by atoms with Crippen LogP contribution in [-0.2, 0) is 4.74 Å². The molecule has 0 spiro atoms. The Bertz CT molecular complexity index is 1370. The van der Waals surface area contributed by atoms with Gasteiger partial charge in [-0.05, 0) is 53.9 Å². The number of aryl methyl sites for hydroxylation is 1. The lowest BCUT2D eigenvalue weighted by Gasteiger charge is -2.28. The van der Waals surface area contributed by atoms with Crippen LogP contribution in [0.2, 0.25) is 5.02 Å². The van der Waals surface area contributed by atoms with Crippen molar-refractivity contribution in [3.63, 3.8) is 0 Å². The highest BCUT2D eigenvalue weighted by Crippen LogP contribution is 2.35. The molecule has 1 aliphatic heterocycles. The van der Waals surface area contributed by atoms with Crippen LogP contribution in [0.15, 0.2) is 48.5 Å². The first kappa shape index (κ1) is 26.6. The highest BCUT2D eigenvalue weighted by Gasteiger charge is 2.25. The zero-order chi connectivity index (χ0) is 24.4. The van der Waals surface area contributed by atoms with Gasteiger partial charge in [0.1, 0.15) is 5.75 Å². The lowest BCUT2D eigenvalue weighted by atomic mass is 10.0. The molecule has 1 fully saturated rings. The standard InChI is InChI=1S/C27H28ClN3O3S.ClH/c1-18-14-21(28)17-24-25(18)29-27(35-24)31(9-5-8-30-10-12-34-13-11-30)26(32)22-15-19-6-3-4-7-20(19)16-23(22)33-2;/h3-4,6-7,14-17H,5,8-13H2,1-2H3;1H. The number of amides is 1. The van der Waals surface area contributed by atoms with E-state index >= 15 is 0 Å². The maximum Gasteiger partial charge on any atom is 0.263 e. The van der Waals surface area contributed by atoms with Gasteiger partial charge in [0.25, 0.3) is 5.91 Å². The number of methoxy groups -OCH3 is 1. The first-order valence-electron chi connectivity index (χ1n) is 11.8. The summed E-state index contributed by atoms with van der Waals surface area (Å²) in [5.41, 5.74) is 2.41. The second-order valence-electron chi connectivity index (χ2n) is 8.73. The first-order valence-corrected chi connectivity index (χ1v) is 13.0. The zero-order valence-corrected chi connectivity index (χ0v) is 22.7.